The number of hydrogen-bond donors (Lipinski definition) is 2. The van der Waals surface area contributed by atoms with Crippen molar-refractivity contribution >= 4 is 34.0 Å². The molecular weight excluding hydrogens is 622 g/mol. The van der Waals surface area contributed by atoms with Crippen molar-refractivity contribution < 1.29 is 9.59 Å². The average Bonchev–Trinajstić information content (AvgIpc) is 3.80. The van der Waals surface area contributed by atoms with Gasteiger partial charge in [-0.3, -0.25) is 19.6 Å². The van der Waals surface area contributed by atoms with E-state index < -0.39 is 5.41 Å². The molecular formula is C41H47N7O2. The number of likely N-dealkylation sites (tertiary alicyclic amines) is 2. The molecule has 4 aromatic rings. The molecule has 2 aliphatic heterocycles. The molecule has 0 unspecified atom stereocenters. The quantitative estimate of drug-likeness (QED) is 0.161. The summed E-state index contributed by atoms with van der Waals surface area (Å²) in [7, 11) is 0. The third kappa shape index (κ3) is 7.19. The Morgan fingerprint density at radius 1 is 1.04 bits per heavy atom. The van der Waals surface area contributed by atoms with Crippen molar-refractivity contribution in [3.8, 4) is 11.4 Å². The normalized spacial score (nSPS) is 20.5. The van der Waals surface area contributed by atoms with E-state index in [0.29, 0.717) is 31.3 Å². The number of hydrogen-bond acceptors (Lipinski definition) is 6. The number of carbonyl (C=O) groups excluding carboxylic acids is 2. The molecule has 3 fully saturated rings. The Morgan fingerprint density at radius 3 is 2.50 bits per heavy atom. The number of nitrogens with one attached hydrogen (secondary N) is 2. The number of benzene rings is 2. The summed E-state index contributed by atoms with van der Waals surface area (Å²) in [6, 6.07) is 16.3. The number of H-pyrrole nitrogens is 1. The van der Waals surface area contributed by atoms with Crippen LogP contribution in [0.15, 0.2) is 91.3 Å². The Labute approximate surface area is 294 Å². The van der Waals surface area contributed by atoms with Gasteiger partial charge >= 0.3 is 0 Å². The Morgan fingerprint density at radius 2 is 1.80 bits per heavy atom. The number of piperidine rings is 1. The lowest BCUT2D eigenvalue weighted by Crippen LogP contribution is -2.45. The molecule has 9 nitrogen and oxygen atoms in total. The molecule has 0 radical (unpaired) electrons. The van der Waals surface area contributed by atoms with Crippen molar-refractivity contribution in [1.29, 1.82) is 0 Å². The minimum Gasteiger partial charge on any atom is -0.342 e. The van der Waals surface area contributed by atoms with E-state index >= 15 is 0 Å². The lowest BCUT2D eigenvalue weighted by atomic mass is 9.83. The van der Waals surface area contributed by atoms with E-state index in [0.717, 1.165) is 83.7 Å². The van der Waals surface area contributed by atoms with Crippen molar-refractivity contribution in [3.05, 3.63) is 103 Å². The fourth-order valence-corrected chi connectivity index (χ4v) is 7.56. The topological polar surface area (TPSA) is 107 Å². The molecule has 2 N–H and O–H groups in total. The van der Waals surface area contributed by atoms with E-state index in [1.54, 1.807) is 12.4 Å². The first-order valence-electron chi connectivity index (χ1n) is 18.1. The maximum Gasteiger partial charge on any atom is 0.236 e. The Kier molecular flexibility index (Phi) is 9.76. The molecule has 2 aromatic heterocycles. The van der Waals surface area contributed by atoms with Gasteiger partial charge in [0.25, 0.3) is 0 Å². The van der Waals surface area contributed by atoms with E-state index in [2.05, 4.69) is 80.3 Å². The number of anilines is 1. The molecule has 0 bridgehead atoms. The molecule has 1 aliphatic carbocycles. The van der Waals surface area contributed by atoms with Crippen LogP contribution in [0.1, 0.15) is 69.5 Å². The summed E-state index contributed by atoms with van der Waals surface area (Å²) in [4.78, 5) is 40.2. The second-order valence-electron chi connectivity index (χ2n) is 14.2. The summed E-state index contributed by atoms with van der Waals surface area (Å²) in [6.45, 7) is 11.5. The zero-order chi connectivity index (χ0) is 34.7. The van der Waals surface area contributed by atoms with Gasteiger partial charge in [0.05, 0.1) is 23.2 Å². The lowest BCUT2D eigenvalue weighted by Gasteiger charge is -2.33. The molecule has 1 saturated carbocycles. The molecule has 4 heterocycles. The van der Waals surface area contributed by atoms with Crippen molar-refractivity contribution in [2.45, 2.75) is 58.3 Å². The highest BCUT2D eigenvalue weighted by Crippen LogP contribution is 2.39. The molecule has 2 aromatic carbocycles. The van der Waals surface area contributed by atoms with Crippen LogP contribution in [0.4, 0.5) is 5.69 Å². The van der Waals surface area contributed by atoms with Gasteiger partial charge in [-0.15, -0.1) is 0 Å². The number of amides is 2. The van der Waals surface area contributed by atoms with Crippen molar-refractivity contribution in [1.82, 2.24) is 30.0 Å². The summed E-state index contributed by atoms with van der Waals surface area (Å²) in [5, 5.41) is 12.0. The highest BCUT2D eigenvalue weighted by molar-refractivity contribution is 6.00. The number of allylic oxidation sites excluding steroid dienone is 5. The van der Waals surface area contributed by atoms with Crippen LogP contribution in [-0.2, 0) is 9.59 Å². The van der Waals surface area contributed by atoms with Crippen molar-refractivity contribution in [3.63, 3.8) is 0 Å². The zero-order valence-corrected chi connectivity index (χ0v) is 29.2. The first kappa shape index (κ1) is 33.6. The Bertz CT molecular complexity index is 1920. The van der Waals surface area contributed by atoms with Crippen LogP contribution in [0.5, 0.6) is 0 Å². The first-order valence-corrected chi connectivity index (χ1v) is 18.1. The summed E-state index contributed by atoms with van der Waals surface area (Å²) >= 11 is 0. The fraction of sp³-hybridized carbons (Fsp3) is 0.390. The predicted octanol–water partition coefficient (Wildman–Crippen LogP) is 7.39. The van der Waals surface area contributed by atoms with Gasteiger partial charge in [-0.05, 0) is 99.7 Å². The van der Waals surface area contributed by atoms with Gasteiger partial charge in [0.2, 0.25) is 11.8 Å². The van der Waals surface area contributed by atoms with Gasteiger partial charge in [0.15, 0.2) is 5.82 Å². The molecule has 9 heteroatoms. The van der Waals surface area contributed by atoms with E-state index in [9.17, 15) is 9.59 Å². The molecule has 50 heavy (non-hydrogen) atoms. The molecule has 2 amide bonds. The van der Waals surface area contributed by atoms with Crippen molar-refractivity contribution in [2.24, 2.45) is 11.3 Å². The smallest absolute Gasteiger partial charge is 0.236 e. The third-order valence-corrected chi connectivity index (χ3v) is 10.9. The molecule has 0 spiro atoms. The number of carbonyl (C=O) groups is 2. The maximum absolute atomic E-state index is 13.9. The molecule has 258 valence electrons. The minimum atomic E-state index is -0.545. The second kappa shape index (κ2) is 14.5. The summed E-state index contributed by atoms with van der Waals surface area (Å²) in [5.41, 5.74) is 6.43. The molecule has 7 rings (SSSR count). The van der Waals surface area contributed by atoms with Crippen LogP contribution in [0.2, 0.25) is 0 Å². The van der Waals surface area contributed by atoms with Gasteiger partial charge in [-0.2, -0.15) is 5.10 Å². The predicted molar refractivity (Wildman–Crippen MR) is 199 cm³/mol. The highest BCUT2D eigenvalue weighted by atomic mass is 16.2. The van der Waals surface area contributed by atoms with E-state index in [1.165, 1.54) is 18.4 Å². The third-order valence-electron chi connectivity index (χ3n) is 10.9. The maximum atomic E-state index is 13.9. The minimum absolute atomic E-state index is 0.0105. The summed E-state index contributed by atoms with van der Waals surface area (Å²) in [6.07, 6.45) is 15.5. The van der Waals surface area contributed by atoms with Crippen molar-refractivity contribution in [2.75, 3.05) is 38.0 Å². The van der Waals surface area contributed by atoms with E-state index in [4.69, 9.17) is 0 Å². The van der Waals surface area contributed by atoms with Gasteiger partial charge < -0.3 is 10.2 Å². The zero-order valence-electron chi connectivity index (χ0n) is 29.2. The summed E-state index contributed by atoms with van der Waals surface area (Å²) < 4.78 is 0. The number of aromatic nitrogens is 4. The average molecular weight is 670 g/mol. The largest absolute Gasteiger partial charge is 0.342 e. The first-order chi connectivity index (χ1) is 24.4. The van der Waals surface area contributed by atoms with Gasteiger partial charge in [-0.1, -0.05) is 55.5 Å². The van der Waals surface area contributed by atoms with Gasteiger partial charge in [0, 0.05) is 54.2 Å². The molecule has 2 saturated heterocycles. The van der Waals surface area contributed by atoms with Crippen LogP contribution >= 0.6 is 0 Å². The van der Waals surface area contributed by atoms with E-state index in [-0.39, 0.29) is 11.8 Å². The van der Waals surface area contributed by atoms with E-state index in [1.807, 2.05) is 42.2 Å². The fourth-order valence-electron chi connectivity index (χ4n) is 7.56. The number of aromatic amines is 1. The van der Waals surface area contributed by atoms with Crippen LogP contribution in [-0.4, -0.2) is 74.5 Å². The van der Waals surface area contributed by atoms with Crippen LogP contribution < -0.4 is 5.32 Å². The second-order valence-corrected chi connectivity index (χ2v) is 14.2. The van der Waals surface area contributed by atoms with Gasteiger partial charge in [-0.25, -0.2) is 9.97 Å². The molecule has 1 atom stereocenters. The highest BCUT2D eigenvalue weighted by Gasteiger charge is 2.44. The van der Waals surface area contributed by atoms with Crippen LogP contribution in [0.25, 0.3) is 27.9 Å². The number of fused-ring (bicyclic) bond motifs is 1. The van der Waals surface area contributed by atoms with Crippen LogP contribution in [0.3, 0.4) is 0 Å². The lowest BCUT2D eigenvalue weighted by molar-refractivity contribution is -0.134. The number of nitrogens with zero attached hydrogens (tertiary/aromatic N) is 5. The number of rotatable bonds is 11. The monoisotopic (exact) mass is 669 g/mol. The SMILES string of the molecule is C=C(/C=C(\C=C/C)c1n[nH]c2ccc(NC(=O)[C@]3(CC)CCN(CC(=O)N4CCC(c5ccc(-c6ncccn6)cc5)CC4)C3)cc12)C1CC1. The van der Waals surface area contributed by atoms with Crippen LogP contribution in [0, 0.1) is 11.3 Å². The van der Waals surface area contributed by atoms with Gasteiger partial charge in [0.1, 0.15) is 0 Å². The molecule has 3 aliphatic rings. The Hall–Kier alpha value is -4.89. The Balaban J connectivity index is 0.947. The summed E-state index contributed by atoms with van der Waals surface area (Å²) in [5.74, 6) is 1.89. The standard InChI is InChI=1S/C41H47N7O2/c1-4-7-33(24-28(3)29-8-9-29)38-35-25-34(14-15-36(35)45-46-38)44-40(50)41(5-2)18-23-47(27-41)26-37(49)48-21-16-31(17-22-48)30-10-12-32(13-11-30)39-42-19-6-20-43-39/h4,6-7,10-15,19-20,24-25,29,31H,3,5,8-9,16-18,21-23,26-27H2,1-2H3,(H,44,50)(H,45,46)/b7-4-,33-24+/t41-/m1/s1.